The molecule has 2 aromatic rings. The van der Waals surface area contributed by atoms with Crippen molar-refractivity contribution in [2.75, 3.05) is 13.2 Å². The Morgan fingerprint density at radius 1 is 1.27 bits per heavy atom. The van der Waals surface area contributed by atoms with Crippen LogP contribution >= 0.6 is 11.3 Å². The van der Waals surface area contributed by atoms with Crippen LogP contribution in [0.2, 0.25) is 0 Å². The molecule has 1 aromatic heterocycles. The van der Waals surface area contributed by atoms with Crippen molar-refractivity contribution in [2.24, 2.45) is 0 Å². The molecule has 0 fully saturated rings. The Morgan fingerprint density at radius 3 is 2.86 bits per heavy atom. The lowest BCUT2D eigenvalue weighted by molar-refractivity contribution is -0.121. The van der Waals surface area contributed by atoms with E-state index in [1.165, 1.54) is 5.56 Å². The maximum atomic E-state index is 12.0. The van der Waals surface area contributed by atoms with E-state index >= 15 is 0 Å². The molecule has 22 heavy (non-hydrogen) atoms. The van der Waals surface area contributed by atoms with E-state index in [0.29, 0.717) is 19.6 Å². The number of aryl methyl sites for hydroxylation is 1. The fourth-order valence-corrected chi connectivity index (χ4v) is 3.12. The Hall–Kier alpha value is -2.01. The molecule has 0 unspecified atom stereocenters. The first-order chi connectivity index (χ1) is 10.7. The summed E-state index contributed by atoms with van der Waals surface area (Å²) >= 11 is 1.66. The Morgan fingerprint density at radius 2 is 2.09 bits per heavy atom. The topological polar surface area (TPSA) is 47.6 Å². The number of carbonyl (C=O) groups excluding carboxylic acids is 1. The fraction of sp³-hybridized carbons (Fsp3) is 0.353. The van der Waals surface area contributed by atoms with Gasteiger partial charge in [0.05, 0.1) is 6.04 Å². The highest BCUT2D eigenvalue weighted by Gasteiger charge is 2.15. The van der Waals surface area contributed by atoms with E-state index in [1.807, 2.05) is 30.5 Å². The van der Waals surface area contributed by atoms with Gasteiger partial charge in [0, 0.05) is 6.42 Å². The second-order valence-corrected chi connectivity index (χ2v) is 6.10. The molecule has 116 valence electrons. The average molecular weight is 317 g/mol. The lowest BCUT2D eigenvalue weighted by atomic mass is 10.1. The SMILES string of the molecule is C[C@@H](NC(=O)CCc1ccsc1)c1ccc2c(c1)OCCO2. The van der Waals surface area contributed by atoms with Crippen LogP contribution in [-0.2, 0) is 11.2 Å². The highest BCUT2D eigenvalue weighted by Crippen LogP contribution is 2.32. The van der Waals surface area contributed by atoms with E-state index in [-0.39, 0.29) is 11.9 Å². The summed E-state index contributed by atoms with van der Waals surface area (Å²) in [5, 5.41) is 7.15. The van der Waals surface area contributed by atoms with Crippen LogP contribution in [-0.4, -0.2) is 19.1 Å². The first-order valence-corrected chi connectivity index (χ1v) is 8.36. The predicted octanol–water partition coefficient (Wildman–Crippen LogP) is 3.33. The van der Waals surface area contributed by atoms with Crippen molar-refractivity contribution in [2.45, 2.75) is 25.8 Å². The minimum absolute atomic E-state index is 0.0502. The molecule has 1 atom stereocenters. The third-order valence-corrected chi connectivity index (χ3v) is 4.40. The molecule has 0 spiro atoms. The van der Waals surface area contributed by atoms with Crippen molar-refractivity contribution in [3.05, 3.63) is 46.2 Å². The van der Waals surface area contributed by atoms with Gasteiger partial charge in [0.2, 0.25) is 5.91 Å². The summed E-state index contributed by atoms with van der Waals surface area (Å²) in [6, 6.07) is 7.82. The highest BCUT2D eigenvalue weighted by atomic mass is 32.1. The molecule has 0 saturated heterocycles. The Labute approximate surface area is 134 Å². The van der Waals surface area contributed by atoms with Crippen molar-refractivity contribution in [1.82, 2.24) is 5.32 Å². The van der Waals surface area contributed by atoms with Crippen LogP contribution in [0.3, 0.4) is 0 Å². The summed E-state index contributed by atoms with van der Waals surface area (Å²) in [5.74, 6) is 1.59. The molecule has 2 heterocycles. The van der Waals surface area contributed by atoms with E-state index < -0.39 is 0 Å². The third kappa shape index (κ3) is 3.60. The van der Waals surface area contributed by atoms with E-state index in [4.69, 9.17) is 9.47 Å². The first-order valence-electron chi connectivity index (χ1n) is 7.42. The quantitative estimate of drug-likeness (QED) is 0.920. The molecule has 0 aliphatic carbocycles. The smallest absolute Gasteiger partial charge is 0.220 e. The lowest BCUT2D eigenvalue weighted by Gasteiger charge is -2.21. The molecule has 1 aliphatic heterocycles. The Balaban J connectivity index is 1.56. The van der Waals surface area contributed by atoms with Crippen molar-refractivity contribution in [1.29, 1.82) is 0 Å². The van der Waals surface area contributed by atoms with Crippen molar-refractivity contribution >= 4 is 17.2 Å². The zero-order chi connectivity index (χ0) is 15.4. The molecule has 4 nitrogen and oxygen atoms in total. The Kier molecular flexibility index (Phi) is 4.63. The van der Waals surface area contributed by atoms with Gasteiger partial charge in [-0.05, 0) is 53.4 Å². The summed E-state index contributed by atoms with van der Waals surface area (Å²) in [5.41, 5.74) is 2.24. The molecule has 1 aromatic carbocycles. The number of benzene rings is 1. The van der Waals surface area contributed by atoms with E-state index in [2.05, 4.69) is 16.8 Å². The number of rotatable bonds is 5. The zero-order valence-corrected chi connectivity index (χ0v) is 13.3. The van der Waals surface area contributed by atoms with Crippen LogP contribution in [0.5, 0.6) is 11.5 Å². The third-order valence-electron chi connectivity index (χ3n) is 3.66. The van der Waals surface area contributed by atoms with E-state index in [1.54, 1.807) is 11.3 Å². The number of nitrogens with one attached hydrogen (secondary N) is 1. The summed E-state index contributed by atoms with van der Waals surface area (Å²) in [4.78, 5) is 12.0. The van der Waals surface area contributed by atoms with Gasteiger partial charge >= 0.3 is 0 Å². The number of thiophene rings is 1. The largest absolute Gasteiger partial charge is 0.486 e. The monoisotopic (exact) mass is 317 g/mol. The number of fused-ring (bicyclic) bond motifs is 1. The van der Waals surface area contributed by atoms with Crippen molar-refractivity contribution < 1.29 is 14.3 Å². The van der Waals surface area contributed by atoms with E-state index in [0.717, 1.165) is 23.5 Å². The van der Waals surface area contributed by atoms with Crippen LogP contribution in [0.1, 0.15) is 30.5 Å². The van der Waals surface area contributed by atoms with Crippen molar-refractivity contribution in [3.8, 4) is 11.5 Å². The summed E-state index contributed by atoms with van der Waals surface area (Å²) in [6.45, 7) is 3.13. The second-order valence-electron chi connectivity index (χ2n) is 5.32. The molecule has 1 amide bonds. The number of hydrogen-bond acceptors (Lipinski definition) is 4. The summed E-state index contributed by atoms with van der Waals surface area (Å²) in [6.07, 6.45) is 1.29. The number of hydrogen-bond donors (Lipinski definition) is 1. The summed E-state index contributed by atoms with van der Waals surface area (Å²) < 4.78 is 11.1. The van der Waals surface area contributed by atoms with Gasteiger partial charge in [-0.1, -0.05) is 6.07 Å². The maximum absolute atomic E-state index is 12.0. The molecule has 3 rings (SSSR count). The van der Waals surface area contributed by atoms with Crippen molar-refractivity contribution in [3.63, 3.8) is 0 Å². The first kappa shape index (κ1) is 14.9. The van der Waals surface area contributed by atoms with Gasteiger partial charge in [0.15, 0.2) is 11.5 Å². The Bertz CT molecular complexity index is 639. The van der Waals surface area contributed by atoms with Gasteiger partial charge < -0.3 is 14.8 Å². The molecule has 0 bridgehead atoms. The standard InChI is InChI=1S/C17H19NO3S/c1-12(18-17(19)5-2-13-6-9-22-11-13)14-3-4-15-16(10-14)21-8-7-20-15/h3-4,6,9-12H,2,5,7-8H2,1H3,(H,18,19)/t12-/m1/s1. The van der Waals surface area contributed by atoms with Crippen LogP contribution in [0.15, 0.2) is 35.0 Å². The normalized spacial score (nSPS) is 14.4. The van der Waals surface area contributed by atoms with Crippen LogP contribution < -0.4 is 14.8 Å². The van der Waals surface area contributed by atoms with Gasteiger partial charge in [0.1, 0.15) is 13.2 Å². The van der Waals surface area contributed by atoms with Gasteiger partial charge in [-0.15, -0.1) is 0 Å². The minimum atomic E-state index is -0.0502. The molecule has 0 radical (unpaired) electrons. The number of ether oxygens (including phenoxy) is 2. The van der Waals surface area contributed by atoms with Crippen LogP contribution in [0, 0.1) is 0 Å². The van der Waals surface area contributed by atoms with E-state index in [9.17, 15) is 4.79 Å². The second kappa shape index (κ2) is 6.83. The van der Waals surface area contributed by atoms with Gasteiger partial charge in [-0.2, -0.15) is 11.3 Å². The highest BCUT2D eigenvalue weighted by molar-refractivity contribution is 7.07. The number of amides is 1. The number of carbonyl (C=O) groups is 1. The molecule has 1 N–H and O–H groups in total. The molecular weight excluding hydrogens is 298 g/mol. The van der Waals surface area contributed by atoms with Gasteiger partial charge in [-0.3, -0.25) is 4.79 Å². The predicted molar refractivity (Wildman–Crippen MR) is 86.6 cm³/mol. The lowest BCUT2D eigenvalue weighted by Crippen LogP contribution is -2.27. The fourth-order valence-electron chi connectivity index (χ4n) is 2.42. The van der Waals surface area contributed by atoms with Crippen LogP contribution in [0.4, 0.5) is 0 Å². The minimum Gasteiger partial charge on any atom is -0.486 e. The molecule has 5 heteroatoms. The zero-order valence-electron chi connectivity index (χ0n) is 12.5. The van der Waals surface area contributed by atoms with Gasteiger partial charge in [-0.25, -0.2) is 0 Å². The maximum Gasteiger partial charge on any atom is 0.220 e. The van der Waals surface area contributed by atoms with Gasteiger partial charge in [0.25, 0.3) is 0 Å². The molecule has 1 aliphatic rings. The van der Waals surface area contributed by atoms with Crippen LogP contribution in [0.25, 0.3) is 0 Å². The average Bonchev–Trinajstić information content (AvgIpc) is 3.06. The molecular formula is C17H19NO3S. The molecule has 0 saturated carbocycles. The summed E-state index contributed by atoms with van der Waals surface area (Å²) in [7, 11) is 0.